The predicted molar refractivity (Wildman–Crippen MR) is 189 cm³/mol. The van der Waals surface area contributed by atoms with E-state index in [0.29, 0.717) is 0 Å². The average molecular weight is 862 g/mol. The average Bonchev–Trinajstić information content (AvgIpc) is 3.20. The molecule has 0 spiro atoms. The van der Waals surface area contributed by atoms with Crippen molar-refractivity contribution in [3.63, 3.8) is 0 Å². The van der Waals surface area contributed by atoms with Crippen LogP contribution in [-0.4, -0.2) is 206 Å². The van der Waals surface area contributed by atoms with Gasteiger partial charge in [-0.05, 0) is 12.1 Å². The number of benzene rings is 1. The molecule has 1 aliphatic carbocycles. The highest BCUT2D eigenvalue weighted by atomic mass is 16.7. The summed E-state index contributed by atoms with van der Waals surface area (Å²) in [4.78, 5) is 23.2. The third kappa shape index (κ3) is 9.31. The van der Waals surface area contributed by atoms with E-state index in [1.165, 1.54) is 24.3 Å². The topological polar surface area (TPSA) is 395 Å². The molecule has 0 radical (unpaired) electrons. The molecule has 4 heterocycles. The zero-order chi connectivity index (χ0) is 43.7. The number of carboxylic acids is 1. The number of phenolic OH excluding ortho intramolecular Hbond substituents is 1. The van der Waals surface area contributed by atoms with Crippen LogP contribution in [0.15, 0.2) is 59.3 Å². The van der Waals surface area contributed by atoms with Gasteiger partial charge in [-0.2, -0.15) is 0 Å². The minimum Gasteiger partial charge on any atom is -0.571 e. The number of carboxylic acid groups (broad SMARTS) is 1. The number of phenols is 1. The van der Waals surface area contributed by atoms with E-state index in [9.17, 15) is 76.0 Å². The number of hydrogen-bond acceptors (Lipinski definition) is 22. The van der Waals surface area contributed by atoms with Gasteiger partial charge >= 0.3 is 17.7 Å². The summed E-state index contributed by atoms with van der Waals surface area (Å²) in [7, 11) is 0. The summed E-state index contributed by atoms with van der Waals surface area (Å²) in [6, 6.07) is 3.56. The van der Waals surface area contributed by atoms with Gasteiger partial charge in [0.05, 0.1) is 30.4 Å². The number of aliphatic hydroxyl groups excluding tert-OH is 12. The van der Waals surface area contributed by atoms with E-state index in [1.807, 2.05) is 0 Å². The van der Waals surface area contributed by atoms with Crippen molar-refractivity contribution in [2.45, 2.75) is 105 Å². The molecule has 24 heteroatoms. The van der Waals surface area contributed by atoms with E-state index in [0.717, 1.165) is 12.1 Å². The van der Waals surface area contributed by atoms with Crippen molar-refractivity contribution >= 4 is 17.7 Å². The van der Waals surface area contributed by atoms with E-state index in [1.54, 1.807) is 0 Å². The molecule has 6 rings (SSSR count). The van der Waals surface area contributed by atoms with Crippen LogP contribution in [0.4, 0.5) is 0 Å². The Hall–Kier alpha value is -4.64. The lowest BCUT2D eigenvalue weighted by Gasteiger charge is -2.46. The van der Waals surface area contributed by atoms with Crippen molar-refractivity contribution in [3.8, 4) is 11.5 Å². The number of carbonyl (C=O) groups excluding carboxylic acids is 1. The summed E-state index contributed by atoms with van der Waals surface area (Å²) >= 11 is 0. The van der Waals surface area contributed by atoms with Gasteiger partial charge in [-0.25, -0.2) is 0 Å². The lowest BCUT2D eigenvalue weighted by Crippen LogP contribution is -2.65. The minimum atomic E-state index is -2.09. The standard InChI is InChI=1S/C36H44O24/c37-8-19-24(45)27(48)29(50)34(57-19)55-16-2-1-11(3-15(16)41)32-18(6-13-14(40)4-12(39)5-17(13)54-32)56-36-31(52)33(26(47)21(59-36)10-53-23(44)7-22(42)43)60-35-30(51)28(49)25(46)20(9-38)58-35/h1-6,17,19-21,24-31,33-41,45-52H,7-10H2,(H,42,43)/p+1. The van der Waals surface area contributed by atoms with Gasteiger partial charge in [0.1, 0.15) is 97.8 Å². The first-order valence-electron chi connectivity index (χ1n) is 18.2. The van der Waals surface area contributed by atoms with Gasteiger partial charge in [0.25, 0.3) is 0 Å². The number of carbonyl (C=O) groups is 2. The van der Waals surface area contributed by atoms with Crippen LogP contribution < -0.4 is 4.74 Å². The smallest absolute Gasteiger partial charge is 0.317 e. The molecule has 1 aromatic carbocycles. The van der Waals surface area contributed by atoms with Crippen LogP contribution in [-0.2, 0) is 38.0 Å². The van der Waals surface area contributed by atoms with Crippen molar-refractivity contribution in [2.75, 3.05) is 19.8 Å². The fourth-order valence-electron chi connectivity index (χ4n) is 6.82. The highest BCUT2D eigenvalue weighted by molar-refractivity contribution is 5.90. The lowest BCUT2D eigenvalue weighted by molar-refractivity contribution is -0.356. The monoisotopic (exact) mass is 861 g/mol. The van der Waals surface area contributed by atoms with Crippen LogP contribution in [0.5, 0.6) is 11.5 Å². The maximum atomic E-state index is 12.1. The number of ether oxygens (including phenoxy) is 8. The van der Waals surface area contributed by atoms with Gasteiger partial charge < -0.3 is 109 Å². The van der Waals surface area contributed by atoms with E-state index in [-0.39, 0.29) is 34.2 Å². The third-order valence-corrected chi connectivity index (χ3v) is 10.1. The highest BCUT2D eigenvalue weighted by Crippen LogP contribution is 2.40. The maximum absolute atomic E-state index is 12.1. The van der Waals surface area contributed by atoms with Gasteiger partial charge in [-0.1, -0.05) is 0 Å². The first-order chi connectivity index (χ1) is 28.4. The molecular formula is C36H45O24+. The second kappa shape index (κ2) is 18.5. The Kier molecular flexibility index (Phi) is 13.9. The first-order valence-corrected chi connectivity index (χ1v) is 18.2. The number of esters is 1. The molecule has 60 heavy (non-hydrogen) atoms. The molecule has 4 aliphatic heterocycles. The molecule has 0 saturated carbocycles. The van der Waals surface area contributed by atoms with Crippen molar-refractivity contribution in [1.82, 2.24) is 0 Å². The first kappa shape index (κ1) is 44.9. The normalized spacial score (nSPS) is 38.1. The summed E-state index contributed by atoms with van der Waals surface area (Å²) in [5.74, 6) is -5.08. The Bertz CT molecular complexity index is 1860. The number of aliphatic hydroxyl groups is 14. The molecule has 3 saturated heterocycles. The SMILES string of the molecule is O=C(O)CC(=O)OCC1OC(OC2=C(c3ccc(OC4OC(CO)C(O)C(O)C4O)c(O)c3)[OH+]C3C=C(O)C=C(O)C3=C2)C(O)C(OC2OC(CO)C(O)C(O)C2O)C1O. The van der Waals surface area contributed by atoms with E-state index in [4.69, 9.17) is 38.3 Å². The zero-order valence-electron chi connectivity index (χ0n) is 30.9. The summed E-state index contributed by atoms with van der Waals surface area (Å²) in [6.45, 7) is -2.49. The Morgan fingerprint density at radius 3 is 1.92 bits per heavy atom. The summed E-state index contributed by atoms with van der Waals surface area (Å²) in [6.07, 6.45) is -25.9. The number of rotatable bonds is 13. The molecule has 0 bridgehead atoms. The van der Waals surface area contributed by atoms with Crippen LogP contribution >= 0.6 is 0 Å². The number of hydrogen-bond donors (Lipinski definition) is 14. The van der Waals surface area contributed by atoms with E-state index < -0.39 is 148 Å². The second-order valence-corrected chi connectivity index (χ2v) is 14.2. The Labute approximate surface area is 337 Å². The number of aromatic hydroxyl groups is 1. The van der Waals surface area contributed by atoms with Crippen molar-refractivity contribution in [2.24, 2.45) is 0 Å². The van der Waals surface area contributed by atoms with E-state index in [2.05, 4.69) is 4.74 Å². The molecule has 15 N–H and O–H groups in total. The fraction of sp³-hybridized carbons (Fsp3) is 0.556. The molecule has 24 nitrogen and oxygen atoms in total. The van der Waals surface area contributed by atoms with Crippen LogP contribution in [0, 0.1) is 0 Å². The van der Waals surface area contributed by atoms with Gasteiger partial charge in [0, 0.05) is 18.2 Å². The summed E-state index contributed by atoms with van der Waals surface area (Å²) in [5, 5.41) is 145. The molecule has 16 atom stereocenters. The molecule has 332 valence electrons. The molecule has 3 fully saturated rings. The largest absolute Gasteiger partial charge is 0.571 e. The van der Waals surface area contributed by atoms with Crippen molar-refractivity contribution in [3.05, 3.63) is 64.8 Å². The molecule has 0 amide bonds. The maximum Gasteiger partial charge on any atom is 0.317 e. The number of allylic oxidation sites excluding steroid dienone is 2. The Morgan fingerprint density at radius 2 is 1.30 bits per heavy atom. The predicted octanol–water partition coefficient (Wildman–Crippen LogP) is -5.36. The molecular weight excluding hydrogens is 816 g/mol. The van der Waals surface area contributed by atoms with Gasteiger partial charge in [0.2, 0.25) is 24.4 Å². The molecule has 5 aliphatic rings. The Morgan fingerprint density at radius 1 is 0.700 bits per heavy atom. The van der Waals surface area contributed by atoms with Crippen LogP contribution in [0.1, 0.15) is 12.0 Å². The van der Waals surface area contributed by atoms with Crippen LogP contribution in [0.25, 0.3) is 5.76 Å². The third-order valence-electron chi connectivity index (χ3n) is 10.1. The Balaban J connectivity index is 1.33. The second-order valence-electron chi connectivity index (χ2n) is 14.2. The van der Waals surface area contributed by atoms with E-state index >= 15 is 0 Å². The molecule has 16 unspecified atom stereocenters. The summed E-state index contributed by atoms with van der Waals surface area (Å²) < 4.78 is 43.3. The minimum absolute atomic E-state index is 0.0273. The van der Waals surface area contributed by atoms with Crippen LogP contribution in [0.2, 0.25) is 0 Å². The number of aliphatic carboxylic acids is 1. The van der Waals surface area contributed by atoms with Gasteiger partial charge in [-0.3, -0.25) is 9.59 Å². The highest BCUT2D eigenvalue weighted by Gasteiger charge is 2.52. The molecule has 0 aromatic heterocycles. The summed E-state index contributed by atoms with van der Waals surface area (Å²) in [5.41, 5.74) is 0.0661. The van der Waals surface area contributed by atoms with Gasteiger partial charge in [0.15, 0.2) is 17.8 Å². The lowest BCUT2D eigenvalue weighted by atomic mass is 9.96. The number of fused-ring (bicyclic) bond motifs is 1. The quantitative estimate of drug-likeness (QED) is 0.0500. The molecule has 1 aromatic rings. The van der Waals surface area contributed by atoms with Crippen LogP contribution in [0.3, 0.4) is 0 Å². The zero-order valence-corrected chi connectivity index (χ0v) is 30.9. The fourth-order valence-corrected chi connectivity index (χ4v) is 6.82. The van der Waals surface area contributed by atoms with Crippen molar-refractivity contribution in [1.29, 1.82) is 0 Å². The van der Waals surface area contributed by atoms with Crippen molar-refractivity contribution < 1.29 is 119 Å². The van der Waals surface area contributed by atoms with Gasteiger partial charge in [-0.15, -0.1) is 0 Å².